The lowest BCUT2D eigenvalue weighted by molar-refractivity contribution is 0.0712. The minimum absolute atomic E-state index is 0.0260. The molecule has 2 aromatic heterocycles. The van der Waals surface area contributed by atoms with Crippen LogP contribution in [0.2, 0.25) is 0 Å². The summed E-state index contributed by atoms with van der Waals surface area (Å²) >= 11 is 0. The maximum atomic E-state index is 12.7. The van der Waals surface area contributed by atoms with Crippen LogP contribution in [0.5, 0.6) is 5.75 Å². The predicted molar refractivity (Wildman–Crippen MR) is 91.7 cm³/mol. The van der Waals surface area contributed by atoms with Gasteiger partial charge in [0, 0.05) is 44.0 Å². The Kier molecular flexibility index (Phi) is 4.74. The van der Waals surface area contributed by atoms with Crippen LogP contribution in [0.4, 0.5) is 5.82 Å². The molecule has 0 bridgehead atoms. The number of ether oxygens (including phenoxy) is 1. The maximum Gasteiger partial charge on any atom is 0.289 e. The first-order valence-electron chi connectivity index (χ1n) is 8.21. The number of carbonyl (C=O) groups excluding carboxylic acids is 1. The van der Waals surface area contributed by atoms with Crippen LogP contribution in [0.1, 0.15) is 35.9 Å². The Morgan fingerprint density at radius 1 is 1.25 bits per heavy atom. The molecule has 1 aliphatic heterocycles. The molecule has 6 heteroatoms. The Morgan fingerprint density at radius 2 is 2.00 bits per heavy atom. The van der Waals surface area contributed by atoms with E-state index in [1.54, 1.807) is 19.6 Å². The average Bonchev–Trinajstić information content (AvgIpc) is 3.11. The van der Waals surface area contributed by atoms with Gasteiger partial charge >= 0.3 is 0 Å². The number of piperazine rings is 1. The van der Waals surface area contributed by atoms with Gasteiger partial charge in [0.1, 0.15) is 11.6 Å². The summed E-state index contributed by atoms with van der Waals surface area (Å²) in [4.78, 5) is 21.1. The molecule has 1 amide bonds. The number of carbonyl (C=O) groups is 1. The predicted octanol–water partition coefficient (Wildman–Crippen LogP) is 2.77. The first-order chi connectivity index (χ1) is 11.6. The molecule has 0 unspecified atom stereocenters. The lowest BCUT2D eigenvalue weighted by Crippen LogP contribution is -2.49. The Balaban J connectivity index is 1.66. The van der Waals surface area contributed by atoms with Crippen molar-refractivity contribution >= 4 is 11.7 Å². The lowest BCUT2D eigenvalue weighted by Gasteiger charge is -2.35. The largest absolute Gasteiger partial charge is 0.497 e. The quantitative estimate of drug-likeness (QED) is 0.863. The van der Waals surface area contributed by atoms with E-state index in [2.05, 4.69) is 23.7 Å². The number of anilines is 1. The molecule has 2 aromatic rings. The molecule has 0 aromatic carbocycles. The van der Waals surface area contributed by atoms with Gasteiger partial charge in [-0.3, -0.25) is 4.79 Å². The van der Waals surface area contributed by atoms with Gasteiger partial charge < -0.3 is 19.0 Å². The Labute approximate surface area is 142 Å². The van der Waals surface area contributed by atoms with Gasteiger partial charge in [0.05, 0.1) is 13.4 Å². The second-order valence-electron chi connectivity index (χ2n) is 6.19. The van der Waals surface area contributed by atoms with Crippen molar-refractivity contribution in [3.05, 3.63) is 42.0 Å². The van der Waals surface area contributed by atoms with Gasteiger partial charge in [0.25, 0.3) is 5.91 Å². The molecule has 6 nitrogen and oxygen atoms in total. The highest BCUT2D eigenvalue weighted by Crippen LogP contribution is 2.24. The van der Waals surface area contributed by atoms with Gasteiger partial charge in [-0.2, -0.15) is 0 Å². The number of methoxy groups -OCH3 is 1. The lowest BCUT2D eigenvalue weighted by atomic mass is 10.0. The van der Waals surface area contributed by atoms with Crippen molar-refractivity contribution in [3.8, 4) is 5.75 Å². The molecule has 0 atom stereocenters. The normalized spacial score (nSPS) is 15.0. The van der Waals surface area contributed by atoms with E-state index in [0.29, 0.717) is 18.8 Å². The summed E-state index contributed by atoms with van der Waals surface area (Å²) < 4.78 is 10.7. The standard InChI is InChI=1S/C18H23N3O3/c1-13(2)15-5-11-24-17(15)18(22)21-9-7-20(8-10-21)16-12-14(23-3)4-6-19-16/h4-6,11-13H,7-10H2,1-3H3. The number of rotatable bonds is 4. The average molecular weight is 329 g/mol. The van der Waals surface area contributed by atoms with E-state index in [0.717, 1.165) is 30.2 Å². The van der Waals surface area contributed by atoms with Gasteiger partial charge in [-0.1, -0.05) is 13.8 Å². The van der Waals surface area contributed by atoms with Crippen LogP contribution in [0.15, 0.2) is 35.1 Å². The van der Waals surface area contributed by atoms with Gasteiger partial charge in [-0.05, 0) is 18.1 Å². The number of hydrogen-bond acceptors (Lipinski definition) is 5. The topological polar surface area (TPSA) is 58.8 Å². The van der Waals surface area contributed by atoms with E-state index >= 15 is 0 Å². The van der Waals surface area contributed by atoms with Crippen molar-refractivity contribution in [2.24, 2.45) is 0 Å². The minimum atomic E-state index is -0.0260. The fourth-order valence-electron chi connectivity index (χ4n) is 2.93. The number of hydrogen-bond donors (Lipinski definition) is 0. The molecule has 0 saturated carbocycles. The van der Waals surface area contributed by atoms with Crippen molar-refractivity contribution < 1.29 is 13.9 Å². The summed E-state index contributed by atoms with van der Waals surface area (Å²) in [5, 5.41) is 0. The van der Waals surface area contributed by atoms with Crippen LogP contribution in [-0.4, -0.2) is 49.1 Å². The molecule has 3 heterocycles. The molecule has 3 rings (SSSR count). The summed E-state index contributed by atoms with van der Waals surface area (Å²) in [5.74, 6) is 2.38. The van der Waals surface area contributed by atoms with Crippen molar-refractivity contribution in [2.45, 2.75) is 19.8 Å². The third-order valence-electron chi connectivity index (χ3n) is 4.36. The highest BCUT2D eigenvalue weighted by Gasteiger charge is 2.27. The Hall–Kier alpha value is -2.50. The smallest absolute Gasteiger partial charge is 0.289 e. The zero-order chi connectivity index (χ0) is 17.1. The molecular weight excluding hydrogens is 306 g/mol. The monoisotopic (exact) mass is 329 g/mol. The van der Waals surface area contributed by atoms with Crippen LogP contribution in [0.3, 0.4) is 0 Å². The molecule has 1 saturated heterocycles. The number of pyridine rings is 1. The van der Waals surface area contributed by atoms with E-state index < -0.39 is 0 Å². The van der Waals surface area contributed by atoms with Crippen LogP contribution in [0, 0.1) is 0 Å². The summed E-state index contributed by atoms with van der Waals surface area (Å²) in [6.07, 6.45) is 3.34. The van der Waals surface area contributed by atoms with E-state index in [-0.39, 0.29) is 11.8 Å². The summed E-state index contributed by atoms with van der Waals surface area (Å²) in [6, 6.07) is 5.63. The van der Waals surface area contributed by atoms with Crippen LogP contribution in [-0.2, 0) is 0 Å². The second kappa shape index (κ2) is 6.95. The minimum Gasteiger partial charge on any atom is -0.497 e. The summed E-state index contributed by atoms with van der Waals surface area (Å²) in [5.41, 5.74) is 0.969. The first-order valence-corrected chi connectivity index (χ1v) is 8.21. The third kappa shape index (κ3) is 3.22. The van der Waals surface area contributed by atoms with Crippen molar-refractivity contribution in [1.82, 2.24) is 9.88 Å². The second-order valence-corrected chi connectivity index (χ2v) is 6.19. The summed E-state index contributed by atoms with van der Waals surface area (Å²) in [6.45, 7) is 6.90. The van der Waals surface area contributed by atoms with Crippen molar-refractivity contribution in [1.29, 1.82) is 0 Å². The van der Waals surface area contributed by atoms with E-state index in [9.17, 15) is 4.79 Å². The number of furan rings is 1. The third-order valence-corrected chi connectivity index (χ3v) is 4.36. The van der Waals surface area contributed by atoms with Crippen LogP contribution < -0.4 is 9.64 Å². The molecule has 24 heavy (non-hydrogen) atoms. The van der Waals surface area contributed by atoms with Crippen molar-refractivity contribution in [3.63, 3.8) is 0 Å². The van der Waals surface area contributed by atoms with Crippen molar-refractivity contribution in [2.75, 3.05) is 38.2 Å². The van der Waals surface area contributed by atoms with Crippen LogP contribution >= 0.6 is 0 Å². The zero-order valence-corrected chi connectivity index (χ0v) is 14.4. The number of nitrogens with zero attached hydrogens (tertiary/aromatic N) is 3. The molecule has 128 valence electrons. The first kappa shape index (κ1) is 16.4. The molecule has 1 fully saturated rings. The van der Waals surface area contributed by atoms with Gasteiger partial charge in [0.15, 0.2) is 5.76 Å². The molecule has 0 aliphatic carbocycles. The van der Waals surface area contributed by atoms with E-state index in [1.807, 2.05) is 23.1 Å². The summed E-state index contributed by atoms with van der Waals surface area (Å²) in [7, 11) is 1.64. The van der Waals surface area contributed by atoms with Gasteiger partial charge in [-0.15, -0.1) is 0 Å². The van der Waals surface area contributed by atoms with Gasteiger partial charge in [0.2, 0.25) is 0 Å². The fraction of sp³-hybridized carbons (Fsp3) is 0.444. The fourth-order valence-corrected chi connectivity index (χ4v) is 2.93. The SMILES string of the molecule is COc1ccnc(N2CCN(C(=O)c3occc3C(C)C)CC2)c1. The molecule has 0 N–H and O–H groups in total. The Bertz CT molecular complexity index is 703. The highest BCUT2D eigenvalue weighted by atomic mass is 16.5. The Morgan fingerprint density at radius 3 is 2.67 bits per heavy atom. The highest BCUT2D eigenvalue weighted by molar-refractivity contribution is 5.93. The van der Waals surface area contributed by atoms with E-state index in [1.165, 1.54) is 0 Å². The molecule has 0 spiro atoms. The number of aromatic nitrogens is 1. The van der Waals surface area contributed by atoms with Gasteiger partial charge in [-0.25, -0.2) is 4.98 Å². The zero-order valence-electron chi connectivity index (χ0n) is 14.4. The molecular formula is C18H23N3O3. The van der Waals surface area contributed by atoms with E-state index in [4.69, 9.17) is 9.15 Å². The number of amides is 1. The maximum absolute atomic E-state index is 12.7. The molecule has 0 radical (unpaired) electrons. The molecule has 1 aliphatic rings. The van der Waals surface area contributed by atoms with Crippen LogP contribution in [0.25, 0.3) is 0 Å².